The molecule has 0 saturated carbocycles. The van der Waals surface area contributed by atoms with Gasteiger partial charge in [0.15, 0.2) is 0 Å². The van der Waals surface area contributed by atoms with Gasteiger partial charge in [-0.15, -0.1) is 0 Å². The van der Waals surface area contributed by atoms with Crippen molar-refractivity contribution in [2.75, 3.05) is 18.4 Å². The molecule has 2 amide bonds. The molecule has 0 radical (unpaired) electrons. The number of hydrogen-bond donors (Lipinski definition) is 1. The van der Waals surface area contributed by atoms with Gasteiger partial charge in [-0.1, -0.05) is 30.3 Å². The number of nitrogens with one attached hydrogen (secondary N) is 1. The number of halogens is 2. The van der Waals surface area contributed by atoms with E-state index in [2.05, 4.69) is 21.2 Å². The lowest BCUT2D eigenvalue weighted by atomic mass is 10.00. The number of anilines is 1. The third kappa shape index (κ3) is 3.79. The summed E-state index contributed by atoms with van der Waals surface area (Å²) >= 11 is 3.42. The van der Waals surface area contributed by atoms with Crippen LogP contribution in [0, 0.1) is 5.82 Å². The lowest BCUT2D eigenvalue weighted by Crippen LogP contribution is -2.37. The number of amides is 2. The number of nitrogens with zero attached hydrogens (tertiary/aromatic N) is 1. The van der Waals surface area contributed by atoms with Gasteiger partial charge in [-0.2, -0.15) is 0 Å². The molecule has 2 aromatic rings. The molecule has 118 valence electrons. The molecule has 0 spiro atoms. The second-order valence-electron chi connectivity index (χ2n) is 5.34. The summed E-state index contributed by atoms with van der Waals surface area (Å²) < 4.78 is 13.8. The molecule has 0 bridgehead atoms. The summed E-state index contributed by atoms with van der Waals surface area (Å²) in [4.78, 5) is 14.1. The normalized spacial score (nSPS) is 14.3. The third-order valence-electron chi connectivity index (χ3n) is 3.83. The minimum atomic E-state index is -0.236. The fourth-order valence-corrected chi connectivity index (χ4v) is 2.92. The molecule has 0 atom stereocenters. The topological polar surface area (TPSA) is 32.3 Å². The molecule has 23 heavy (non-hydrogen) atoms. The number of hydrogen-bond acceptors (Lipinski definition) is 1. The van der Waals surface area contributed by atoms with Crippen LogP contribution in [0.5, 0.6) is 0 Å². The molecule has 1 aliphatic heterocycles. The summed E-state index contributed by atoms with van der Waals surface area (Å²) in [6.07, 6.45) is 2.78. The molecule has 0 aliphatic carbocycles. The van der Waals surface area contributed by atoms with E-state index >= 15 is 0 Å². The van der Waals surface area contributed by atoms with Crippen molar-refractivity contribution in [3.05, 3.63) is 70.5 Å². The van der Waals surface area contributed by atoms with E-state index in [4.69, 9.17) is 0 Å². The van der Waals surface area contributed by atoms with Gasteiger partial charge in [-0.05, 0) is 57.8 Å². The molecule has 1 aliphatic rings. The van der Waals surface area contributed by atoms with Gasteiger partial charge in [-0.25, -0.2) is 9.18 Å². The van der Waals surface area contributed by atoms with Gasteiger partial charge in [0.05, 0.1) is 5.69 Å². The molecule has 5 heteroatoms. The Balaban J connectivity index is 1.65. The van der Waals surface area contributed by atoms with E-state index < -0.39 is 0 Å². The number of rotatable bonds is 2. The van der Waals surface area contributed by atoms with Crippen molar-refractivity contribution in [3.63, 3.8) is 0 Å². The summed E-state index contributed by atoms with van der Waals surface area (Å²) in [5.74, 6) is -0.236. The number of carbonyl (C=O) groups excluding carboxylic acids is 1. The second-order valence-corrected chi connectivity index (χ2v) is 6.20. The molecule has 3 rings (SSSR count). The summed E-state index contributed by atoms with van der Waals surface area (Å²) in [6, 6.07) is 13.9. The molecule has 3 nitrogen and oxygen atoms in total. The van der Waals surface area contributed by atoms with E-state index in [1.165, 1.54) is 12.1 Å². The largest absolute Gasteiger partial charge is 0.322 e. The quantitative estimate of drug-likeness (QED) is 0.795. The average molecular weight is 375 g/mol. The van der Waals surface area contributed by atoms with E-state index in [1.807, 2.05) is 30.3 Å². The van der Waals surface area contributed by atoms with Gasteiger partial charge in [0.25, 0.3) is 0 Å². The summed E-state index contributed by atoms with van der Waals surface area (Å²) in [7, 11) is 0. The predicted molar refractivity (Wildman–Crippen MR) is 93.7 cm³/mol. The van der Waals surface area contributed by atoms with Crippen LogP contribution < -0.4 is 5.32 Å². The molecular weight excluding hydrogens is 359 g/mol. The van der Waals surface area contributed by atoms with Gasteiger partial charge >= 0.3 is 6.03 Å². The van der Waals surface area contributed by atoms with Crippen LogP contribution in [0.1, 0.15) is 12.0 Å². The van der Waals surface area contributed by atoms with Crippen LogP contribution in [0.4, 0.5) is 14.9 Å². The van der Waals surface area contributed by atoms with E-state index in [1.54, 1.807) is 17.0 Å². The zero-order chi connectivity index (χ0) is 16.2. The van der Waals surface area contributed by atoms with Gasteiger partial charge < -0.3 is 10.2 Å². The van der Waals surface area contributed by atoms with Crippen LogP contribution in [0.15, 0.2) is 59.1 Å². The Kier molecular flexibility index (Phi) is 4.76. The van der Waals surface area contributed by atoms with E-state index in [0.29, 0.717) is 13.1 Å². The molecule has 0 fully saturated rings. The maximum absolute atomic E-state index is 13.0. The van der Waals surface area contributed by atoms with Gasteiger partial charge in [0, 0.05) is 17.6 Å². The SMILES string of the molecule is O=C(Nc1ccccc1Br)N1CC=C(c2ccc(F)cc2)CC1. The monoisotopic (exact) mass is 374 g/mol. The third-order valence-corrected chi connectivity index (χ3v) is 4.52. The summed E-state index contributed by atoms with van der Waals surface area (Å²) in [5, 5.41) is 2.90. The van der Waals surface area contributed by atoms with Crippen molar-refractivity contribution in [3.8, 4) is 0 Å². The number of benzene rings is 2. The van der Waals surface area contributed by atoms with Gasteiger partial charge in [0.1, 0.15) is 5.82 Å². The van der Waals surface area contributed by atoms with Crippen molar-refractivity contribution in [2.24, 2.45) is 0 Å². The number of para-hydroxylation sites is 1. The molecule has 0 unspecified atom stereocenters. The summed E-state index contributed by atoms with van der Waals surface area (Å²) in [5.41, 5.74) is 2.91. The second kappa shape index (κ2) is 6.96. The minimum Gasteiger partial charge on any atom is -0.320 e. The van der Waals surface area contributed by atoms with E-state index in [-0.39, 0.29) is 11.8 Å². The highest BCUT2D eigenvalue weighted by Crippen LogP contribution is 2.24. The predicted octanol–water partition coefficient (Wildman–Crippen LogP) is 4.91. The van der Waals surface area contributed by atoms with Gasteiger partial charge in [0.2, 0.25) is 0 Å². The van der Waals surface area contributed by atoms with Crippen molar-refractivity contribution in [2.45, 2.75) is 6.42 Å². The zero-order valence-corrected chi connectivity index (χ0v) is 14.0. The van der Waals surface area contributed by atoms with Crippen LogP contribution in [-0.4, -0.2) is 24.0 Å². The van der Waals surface area contributed by atoms with E-state index in [9.17, 15) is 9.18 Å². The first kappa shape index (κ1) is 15.7. The maximum atomic E-state index is 13.0. The maximum Gasteiger partial charge on any atom is 0.322 e. The molecular formula is C18H16BrFN2O. The Hall–Kier alpha value is -2.14. The van der Waals surface area contributed by atoms with Crippen LogP contribution in [-0.2, 0) is 0 Å². The molecule has 0 aromatic heterocycles. The minimum absolute atomic E-state index is 0.119. The standard InChI is InChI=1S/C18H16BrFN2O/c19-16-3-1-2-4-17(16)21-18(23)22-11-9-14(10-12-22)13-5-7-15(20)8-6-13/h1-9H,10-12H2,(H,21,23). The first-order valence-corrected chi connectivity index (χ1v) is 8.18. The molecule has 2 aromatic carbocycles. The smallest absolute Gasteiger partial charge is 0.320 e. The van der Waals surface area contributed by atoms with E-state index in [0.717, 1.165) is 27.7 Å². The lowest BCUT2D eigenvalue weighted by molar-refractivity contribution is 0.217. The number of urea groups is 1. The Morgan fingerprint density at radius 3 is 2.52 bits per heavy atom. The fourth-order valence-electron chi connectivity index (χ4n) is 2.54. The Bertz CT molecular complexity index is 743. The first-order chi connectivity index (χ1) is 11.1. The number of carbonyl (C=O) groups is 1. The first-order valence-electron chi connectivity index (χ1n) is 7.39. The fraction of sp³-hybridized carbons (Fsp3) is 0.167. The molecule has 1 heterocycles. The Morgan fingerprint density at radius 1 is 1.13 bits per heavy atom. The average Bonchev–Trinajstić information content (AvgIpc) is 2.58. The van der Waals surface area contributed by atoms with Crippen molar-refractivity contribution in [1.29, 1.82) is 0 Å². The van der Waals surface area contributed by atoms with Crippen LogP contribution in [0.25, 0.3) is 5.57 Å². The van der Waals surface area contributed by atoms with Crippen LogP contribution in [0.3, 0.4) is 0 Å². The lowest BCUT2D eigenvalue weighted by Gasteiger charge is -2.27. The molecule has 1 N–H and O–H groups in total. The van der Waals surface area contributed by atoms with Gasteiger partial charge in [-0.3, -0.25) is 0 Å². The highest BCUT2D eigenvalue weighted by atomic mass is 79.9. The van der Waals surface area contributed by atoms with Crippen molar-refractivity contribution >= 4 is 33.2 Å². The van der Waals surface area contributed by atoms with Crippen LogP contribution >= 0.6 is 15.9 Å². The highest BCUT2D eigenvalue weighted by Gasteiger charge is 2.18. The summed E-state index contributed by atoms with van der Waals surface area (Å²) in [6.45, 7) is 1.18. The Labute approximate surface area is 142 Å². The van der Waals surface area contributed by atoms with Crippen molar-refractivity contribution in [1.82, 2.24) is 4.90 Å². The highest BCUT2D eigenvalue weighted by molar-refractivity contribution is 9.10. The zero-order valence-electron chi connectivity index (χ0n) is 12.4. The molecule has 0 saturated heterocycles. The van der Waals surface area contributed by atoms with Crippen LogP contribution in [0.2, 0.25) is 0 Å². The Morgan fingerprint density at radius 2 is 1.87 bits per heavy atom. The van der Waals surface area contributed by atoms with Crippen molar-refractivity contribution < 1.29 is 9.18 Å².